The zero-order valence-electron chi connectivity index (χ0n) is 9.30. The van der Waals surface area contributed by atoms with Crippen molar-refractivity contribution in [1.29, 1.82) is 0 Å². The molecule has 1 atom stereocenters. The first-order valence-electron chi connectivity index (χ1n) is 5.29. The van der Waals surface area contributed by atoms with Crippen molar-refractivity contribution >= 4 is 11.8 Å². The summed E-state index contributed by atoms with van der Waals surface area (Å²) in [4.78, 5) is 22.8. The molecule has 1 rings (SSSR count). The van der Waals surface area contributed by atoms with Crippen LogP contribution >= 0.6 is 0 Å². The Kier molecular flexibility index (Phi) is 3.68. The van der Waals surface area contributed by atoms with E-state index in [0.29, 0.717) is 0 Å². The van der Waals surface area contributed by atoms with E-state index in [1.54, 1.807) is 13.8 Å². The fourth-order valence-corrected chi connectivity index (χ4v) is 1.53. The second kappa shape index (κ2) is 4.61. The maximum absolute atomic E-state index is 11.7. The standard InChI is InChI=1S/C10H19N3O2/c1-10(2,9(11)15)13-8(14)7-5-3-4-6-12-7/h7,12H,3-6H2,1-2H3,(H2,11,15)(H,13,14)/t7-/m1/s1. The Balaban J connectivity index is 2.50. The number of rotatable bonds is 3. The number of carbonyl (C=O) groups excluding carboxylic acids is 2. The third-order valence-electron chi connectivity index (χ3n) is 2.68. The molecule has 4 N–H and O–H groups in total. The van der Waals surface area contributed by atoms with Gasteiger partial charge in [-0.05, 0) is 33.2 Å². The maximum atomic E-state index is 11.7. The molecule has 0 aliphatic carbocycles. The van der Waals surface area contributed by atoms with Gasteiger partial charge in [-0.3, -0.25) is 9.59 Å². The molecule has 0 unspecified atom stereocenters. The summed E-state index contributed by atoms with van der Waals surface area (Å²) in [6.45, 7) is 4.07. The summed E-state index contributed by atoms with van der Waals surface area (Å²) in [6.07, 6.45) is 2.96. The van der Waals surface area contributed by atoms with Gasteiger partial charge in [0.05, 0.1) is 6.04 Å². The number of nitrogens with two attached hydrogens (primary N) is 1. The highest BCUT2D eigenvalue weighted by atomic mass is 16.2. The Morgan fingerprint density at radius 2 is 2.07 bits per heavy atom. The molecule has 1 fully saturated rings. The van der Waals surface area contributed by atoms with E-state index >= 15 is 0 Å². The lowest BCUT2D eigenvalue weighted by Crippen LogP contribution is -2.58. The van der Waals surface area contributed by atoms with Gasteiger partial charge in [0.2, 0.25) is 11.8 Å². The van der Waals surface area contributed by atoms with E-state index in [4.69, 9.17) is 5.73 Å². The monoisotopic (exact) mass is 213 g/mol. The van der Waals surface area contributed by atoms with Gasteiger partial charge in [0.1, 0.15) is 5.54 Å². The van der Waals surface area contributed by atoms with Crippen molar-refractivity contribution in [2.75, 3.05) is 6.54 Å². The van der Waals surface area contributed by atoms with Gasteiger partial charge in [-0.1, -0.05) is 6.42 Å². The van der Waals surface area contributed by atoms with Gasteiger partial charge in [0.15, 0.2) is 0 Å². The highest BCUT2D eigenvalue weighted by molar-refractivity contribution is 5.91. The summed E-state index contributed by atoms with van der Waals surface area (Å²) < 4.78 is 0. The number of carbonyl (C=O) groups is 2. The lowest BCUT2D eigenvalue weighted by Gasteiger charge is -2.28. The summed E-state index contributed by atoms with van der Waals surface area (Å²) in [7, 11) is 0. The average Bonchev–Trinajstić information content (AvgIpc) is 2.18. The number of nitrogens with one attached hydrogen (secondary N) is 2. The molecule has 5 nitrogen and oxygen atoms in total. The fraction of sp³-hybridized carbons (Fsp3) is 0.800. The summed E-state index contributed by atoms with van der Waals surface area (Å²) in [5.74, 6) is -0.662. The highest BCUT2D eigenvalue weighted by Crippen LogP contribution is 2.09. The van der Waals surface area contributed by atoms with E-state index in [-0.39, 0.29) is 11.9 Å². The van der Waals surface area contributed by atoms with Crippen LogP contribution in [0, 0.1) is 0 Å². The number of amides is 2. The molecule has 0 aromatic carbocycles. The summed E-state index contributed by atoms with van der Waals surface area (Å²) in [5, 5.41) is 5.77. The van der Waals surface area contributed by atoms with Crippen LogP contribution < -0.4 is 16.4 Å². The highest BCUT2D eigenvalue weighted by Gasteiger charge is 2.30. The first-order chi connectivity index (χ1) is 6.93. The van der Waals surface area contributed by atoms with Gasteiger partial charge in [-0.15, -0.1) is 0 Å². The van der Waals surface area contributed by atoms with Gasteiger partial charge in [0.25, 0.3) is 0 Å². The zero-order valence-corrected chi connectivity index (χ0v) is 9.30. The van der Waals surface area contributed by atoms with E-state index in [9.17, 15) is 9.59 Å². The van der Waals surface area contributed by atoms with Crippen molar-refractivity contribution in [2.24, 2.45) is 5.73 Å². The molecule has 86 valence electrons. The summed E-state index contributed by atoms with van der Waals surface area (Å²) in [6, 6.07) is -0.183. The van der Waals surface area contributed by atoms with Crippen LogP contribution in [-0.2, 0) is 9.59 Å². The number of piperidine rings is 1. The SMILES string of the molecule is CC(C)(NC(=O)[C@H]1CCCCN1)C(N)=O. The Labute approximate surface area is 89.8 Å². The molecule has 0 saturated carbocycles. The quantitative estimate of drug-likeness (QED) is 0.591. The lowest BCUT2D eigenvalue weighted by molar-refractivity contribution is -0.131. The number of hydrogen-bond donors (Lipinski definition) is 3. The maximum Gasteiger partial charge on any atom is 0.242 e. The number of primary amides is 1. The van der Waals surface area contributed by atoms with Crippen molar-refractivity contribution in [1.82, 2.24) is 10.6 Å². The molecular formula is C10H19N3O2. The van der Waals surface area contributed by atoms with E-state index < -0.39 is 11.4 Å². The minimum atomic E-state index is -0.976. The molecule has 15 heavy (non-hydrogen) atoms. The summed E-state index contributed by atoms with van der Waals surface area (Å²) in [5.41, 5.74) is 4.20. The van der Waals surface area contributed by atoms with Crippen molar-refractivity contribution in [3.05, 3.63) is 0 Å². The average molecular weight is 213 g/mol. The summed E-state index contributed by atoms with van der Waals surface area (Å²) >= 11 is 0. The predicted octanol–water partition coefficient (Wildman–Crippen LogP) is -0.491. The Bertz CT molecular complexity index is 257. The van der Waals surface area contributed by atoms with Crippen LogP contribution in [0.25, 0.3) is 0 Å². The van der Waals surface area contributed by atoms with E-state index in [2.05, 4.69) is 10.6 Å². The Morgan fingerprint density at radius 3 is 2.53 bits per heavy atom. The third kappa shape index (κ3) is 3.20. The molecule has 0 radical (unpaired) electrons. The molecule has 1 aliphatic heterocycles. The van der Waals surface area contributed by atoms with E-state index in [0.717, 1.165) is 25.8 Å². The molecule has 2 amide bonds. The van der Waals surface area contributed by atoms with Crippen LogP contribution in [-0.4, -0.2) is 29.9 Å². The van der Waals surface area contributed by atoms with Crippen molar-refractivity contribution in [2.45, 2.75) is 44.7 Å². The van der Waals surface area contributed by atoms with Crippen LogP contribution in [0.3, 0.4) is 0 Å². The number of hydrogen-bond acceptors (Lipinski definition) is 3. The predicted molar refractivity (Wildman–Crippen MR) is 57.1 cm³/mol. The van der Waals surface area contributed by atoms with Gasteiger partial charge < -0.3 is 16.4 Å². The van der Waals surface area contributed by atoms with Gasteiger partial charge >= 0.3 is 0 Å². The first-order valence-corrected chi connectivity index (χ1v) is 5.29. The lowest BCUT2D eigenvalue weighted by atomic mass is 10.0. The van der Waals surface area contributed by atoms with Crippen LogP contribution in [0.1, 0.15) is 33.1 Å². The minimum Gasteiger partial charge on any atom is -0.368 e. The molecule has 0 aromatic heterocycles. The van der Waals surface area contributed by atoms with Gasteiger partial charge in [0, 0.05) is 0 Å². The molecule has 0 aromatic rings. The van der Waals surface area contributed by atoms with Crippen LogP contribution in [0.2, 0.25) is 0 Å². The van der Waals surface area contributed by atoms with E-state index in [1.165, 1.54) is 0 Å². The first kappa shape index (κ1) is 12.0. The normalized spacial score (nSPS) is 22.1. The smallest absolute Gasteiger partial charge is 0.242 e. The van der Waals surface area contributed by atoms with Crippen molar-refractivity contribution in [3.8, 4) is 0 Å². The van der Waals surface area contributed by atoms with Crippen molar-refractivity contribution in [3.63, 3.8) is 0 Å². The Hall–Kier alpha value is -1.10. The van der Waals surface area contributed by atoms with E-state index in [1.807, 2.05) is 0 Å². The molecular weight excluding hydrogens is 194 g/mol. The van der Waals surface area contributed by atoms with Crippen LogP contribution in [0.4, 0.5) is 0 Å². The minimum absolute atomic E-state index is 0.140. The van der Waals surface area contributed by atoms with Gasteiger partial charge in [-0.25, -0.2) is 0 Å². The van der Waals surface area contributed by atoms with Crippen LogP contribution in [0.15, 0.2) is 0 Å². The van der Waals surface area contributed by atoms with Crippen LogP contribution in [0.5, 0.6) is 0 Å². The van der Waals surface area contributed by atoms with Crippen molar-refractivity contribution < 1.29 is 9.59 Å². The Morgan fingerprint density at radius 1 is 1.40 bits per heavy atom. The topological polar surface area (TPSA) is 84.2 Å². The fourth-order valence-electron chi connectivity index (χ4n) is 1.53. The zero-order chi connectivity index (χ0) is 11.5. The molecule has 0 bridgehead atoms. The molecule has 1 heterocycles. The van der Waals surface area contributed by atoms with Gasteiger partial charge in [-0.2, -0.15) is 0 Å². The molecule has 1 saturated heterocycles. The molecule has 5 heteroatoms. The second-order valence-electron chi connectivity index (χ2n) is 4.48. The molecule has 0 spiro atoms. The third-order valence-corrected chi connectivity index (χ3v) is 2.68. The molecule has 1 aliphatic rings. The second-order valence-corrected chi connectivity index (χ2v) is 4.48. The largest absolute Gasteiger partial charge is 0.368 e.